The highest BCUT2D eigenvalue weighted by atomic mass is 35.5. The lowest BCUT2D eigenvalue weighted by Crippen LogP contribution is -1.84. The minimum absolute atomic E-state index is 0.728. The van der Waals surface area contributed by atoms with E-state index in [9.17, 15) is 0 Å². The van der Waals surface area contributed by atoms with Gasteiger partial charge in [0.05, 0.1) is 11.9 Å². The topological polar surface area (TPSA) is 38.7 Å². The maximum absolute atomic E-state index is 5.90. The molecule has 5 heteroatoms. The van der Waals surface area contributed by atoms with E-state index in [0.717, 1.165) is 31.9 Å². The van der Waals surface area contributed by atoms with Gasteiger partial charge in [-0.3, -0.25) is 9.97 Å². The fourth-order valence-corrected chi connectivity index (χ4v) is 2.81. The van der Waals surface area contributed by atoms with Gasteiger partial charge in [-0.2, -0.15) is 0 Å². The Morgan fingerprint density at radius 2 is 1.89 bits per heavy atom. The predicted molar refractivity (Wildman–Crippen MR) is 78.3 cm³/mol. The van der Waals surface area contributed by atoms with Gasteiger partial charge < -0.3 is 0 Å². The molecule has 0 saturated heterocycles. The molecule has 3 aromatic rings. The molecule has 2 aromatic heterocycles. The summed E-state index contributed by atoms with van der Waals surface area (Å²) in [6, 6.07) is 7.70. The minimum atomic E-state index is 0.728. The molecule has 3 rings (SSSR count). The van der Waals surface area contributed by atoms with E-state index >= 15 is 0 Å². The second-order valence-corrected chi connectivity index (χ2v) is 5.66. The van der Waals surface area contributed by atoms with Crippen molar-refractivity contribution in [2.75, 3.05) is 0 Å². The second-order valence-electron chi connectivity index (χ2n) is 4.02. The van der Waals surface area contributed by atoms with Gasteiger partial charge in [0, 0.05) is 27.9 Å². The quantitative estimate of drug-likeness (QED) is 0.708. The molecule has 0 aliphatic rings. The highest BCUT2D eigenvalue weighted by Gasteiger charge is 2.12. The van der Waals surface area contributed by atoms with Gasteiger partial charge in [-0.05, 0) is 19.1 Å². The molecule has 2 heterocycles. The van der Waals surface area contributed by atoms with Crippen molar-refractivity contribution < 1.29 is 0 Å². The molecule has 0 bridgehead atoms. The van der Waals surface area contributed by atoms with Crippen LogP contribution < -0.4 is 0 Å². The molecule has 3 nitrogen and oxygen atoms in total. The van der Waals surface area contributed by atoms with Crippen LogP contribution in [0, 0.1) is 6.92 Å². The van der Waals surface area contributed by atoms with Crippen molar-refractivity contribution in [3.63, 3.8) is 0 Å². The average Bonchev–Trinajstić information content (AvgIpc) is 2.83. The van der Waals surface area contributed by atoms with Crippen LogP contribution in [-0.2, 0) is 0 Å². The molecule has 19 heavy (non-hydrogen) atoms. The zero-order valence-electron chi connectivity index (χ0n) is 10.2. The molecule has 1 aromatic carbocycles. The Hall–Kier alpha value is -1.78. The van der Waals surface area contributed by atoms with Crippen LogP contribution >= 0.6 is 22.9 Å². The standard InChI is InChI=1S/C14H10ClN3S/c1-9-13(10-2-4-11(15)5-3-10)18-14(19-9)12-8-16-6-7-17-12/h2-8H,1H3. The fraction of sp³-hybridized carbons (Fsp3) is 0.0714. The van der Waals surface area contributed by atoms with Gasteiger partial charge in [-0.15, -0.1) is 11.3 Å². The second kappa shape index (κ2) is 5.07. The van der Waals surface area contributed by atoms with Crippen molar-refractivity contribution >= 4 is 22.9 Å². The van der Waals surface area contributed by atoms with E-state index in [-0.39, 0.29) is 0 Å². The van der Waals surface area contributed by atoms with E-state index in [1.165, 1.54) is 0 Å². The van der Waals surface area contributed by atoms with Crippen LogP contribution in [-0.4, -0.2) is 15.0 Å². The summed E-state index contributed by atoms with van der Waals surface area (Å²) < 4.78 is 0. The van der Waals surface area contributed by atoms with Crippen LogP contribution in [0.1, 0.15) is 4.88 Å². The van der Waals surface area contributed by atoms with E-state index in [1.807, 2.05) is 24.3 Å². The molecular formula is C14H10ClN3S. The van der Waals surface area contributed by atoms with Gasteiger partial charge in [-0.25, -0.2) is 4.98 Å². The number of rotatable bonds is 2. The average molecular weight is 288 g/mol. The molecule has 0 unspecified atom stereocenters. The van der Waals surface area contributed by atoms with Crippen LogP contribution in [0.25, 0.3) is 22.0 Å². The third-order valence-corrected chi connectivity index (χ3v) is 3.94. The van der Waals surface area contributed by atoms with Gasteiger partial charge in [0.1, 0.15) is 10.7 Å². The van der Waals surface area contributed by atoms with Crippen LogP contribution in [0.4, 0.5) is 0 Å². The first-order valence-electron chi connectivity index (χ1n) is 5.74. The third-order valence-electron chi connectivity index (χ3n) is 2.70. The molecule has 0 radical (unpaired) electrons. The maximum Gasteiger partial charge on any atom is 0.144 e. The Labute approximate surface area is 120 Å². The van der Waals surface area contributed by atoms with Crippen molar-refractivity contribution in [2.45, 2.75) is 6.92 Å². The van der Waals surface area contributed by atoms with Crippen molar-refractivity contribution in [1.29, 1.82) is 0 Å². The molecule has 0 N–H and O–H groups in total. The van der Waals surface area contributed by atoms with Gasteiger partial charge in [0.25, 0.3) is 0 Å². The molecule has 0 amide bonds. The first-order valence-corrected chi connectivity index (χ1v) is 6.93. The van der Waals surface area contributed by atoms with Gasteiger partial charge in [0.15, 0.2) is 0 Å². The molecule has 0 atom stereocenters. The maximum atomic E-state index is 5.90. The Morgan fingerprint density at radius 3 is 2.58 bits per heavy atom. The molecule has 0 aliphatic heterocycles. The molecular weight excluding hydrogens is 278 g/mol. The van der Waals surface area contributed by atoms with Crippen molar-refractivity contribution in [2.24, 2.45) is 0 Å². The number of halogens is 1. The van der Waals surface area contributed by atoms with Crippen molar-refractivity contribution in [1.82, 2.24) is 15.0 Å². The van der Waals surface area contributed by atoms with Crippen LogP contribution in [0.2, 0.25) is 5.02 Å². The normalized spacial score (nSPS) is 10.6. The van der Waals surface area contributed by atoms with Crippen molar-refractivity contribution in [3.8, 4) is 22.0 Å². The summed E-state index contributed by atoms with van der Waals surface area (Å²) in [5.41, 5.74) is 2.84. The van der Waals surface area contributed by atoms with E-state index in [0.29, 0.717) is 0 Å². The van der Waals surface area contributed by atoms with Gasteiger partial charge >= 0.3 is 0 Å². The third kappa shape index (κ3) is 2.50. The predicted octanol–water partition coefficient (Wildman–Crippen LogP) is 4.23. The number of nitrogens with zero attached hydrogens (tertiary/aromatic N) is 3. The van der Waals surface area contributed by atoms with E-state index in [2.05, 4.69) is 21.9 Å². The zero-order chi connectivity index (χ0) is 13.2. The monoisotopic (exact) mass is 287 g/mol. The number of hydrogen-bond donors (Lipinski definition) is 0. The Morgan fingerprint density at radius 1 is 1.11 bits per heavy atom. The highest BCUT2D eigenvalue weighted by molar-refractivity contribution is 7.15. The summed E-state index contributed by atoms with van der Waals surface area (Å²) in [7, 11) is 0. The molecule has 94 valence electrons. The smallest absolute Gasteiger partial charge is 0.144 e. The summed E-state index contributed by atoms with van der Waals surface area (Å²) in [4.78, 5) is 14.2. The molecule has 0 aliphatic carbocycles. The lowest BCUT2D eigenvalue weighted by Gasteiger charge is -1.98. The molecule has 0 saturated carbocycles. The number of aryl methyl sites for hydroxylation is 1. The first-order chi connectivity index (χ1) is 9.24. The largest absolute Gasteiger partial charge is 0.261 e. The van der Waals surface area contributed by atoms with Crippen LogP contribution in [0.3, 0.4) is 0 Å². The Balaban J connectivity index is 2.05. The van der Waals surface area contributed by atoms with Crippen LogP contribution in [0.5, 0.6) is 0 Å². The van der Waals surface area contributed by atoms with E-state index in [4.69, 9.17) is 11.6 Å². The van der Waals surface area contributed by atoms with Crippen LogP contribution in [0.15, 0.2) is 42.9 Å². The summed E-state index contributed by atoms with van der Waals surface area (Å²) >= 11 is 7.52. The lowest BCUT2D eigenvalue weighted by atomic mass is 10.1. The summed E-state index contributed by atoms with van der Waals surface area (Å²) in [6.45, 7) is 2.06. The molecule has 0 spiro atoms. The Bertz CT molecular complexity index is 692. The van der Waals surface area contributed by atoms with Gasteiger partial charge in [0.2, 0.25) is 0 Å². The number of benzene rings is 1. The number of aromatic nitrogens is 3. The Kier molecular flexibility index (Phi) is 3.27. The first kappa shape index (κ1) is 12.3. The summed E-state index contributed by atoms with van der Waals surface area (Å²) in [5, 5.41) is 1.61. The summed E-state index contributed by atoms with van der Waals surface area (Å²) in [6.07, 6.45) is 5.06. The van der Waals surface area contributed by atoms with Gasteiger partial charge in [-0.1, -0.05) is 23.7 Å². The summed E-state index contributed by atoms with van der Waals surface area (Å²) in [5.74, 6) is 0. The molecule has 0 fully saturated rings. The SMILES string of the molecule is Cc1sc(-c2cnccn2)nc1-c1ccc(Cl)cc1. The minimum Gasteiger partial charge on any atom is -0.261 e. The van der Waals surface area contributed by atoms with E-state index in [1.54, 1.807) is 29.9 Å². The highest BCUT2D eigenvalue weighted by Crippen LogP contribution is 2.32. The number of thiazole rings is 1. The zero-order valence-corrected chi connectivity index (χ0v) is 11.7. The fourth-order valence-electron chi connectivity index (χ4n) is 1.79. The van der Waals surface area contributed by atoms with Crippen molar-refractivity contribution in [3.05, 3.63) is 52.8 Å². The van der Waals surface area contributed by atoms with E-state index < -0.39 is 0 Å². The lowest BCUT2D eigenvalue weighted by molar-refractivity contribution is 1.19. The number of hydrogen-bond acceptors (Lipinski definition) is 4.